The number of hydrogen-bond acceptors (Lipinski definition) is 1. The lowest BCUT2D eigenvalue weighted by Crippen LogP contribution is -2.12. The Kier molecular flexibility index (Phi) is 1.92. The first-order valence-electron chi connectivity index (χ1n) is 4.97. The molecule has 0 fully saturated rings. The second-order valence-corrected chi connectivity index (χ2v) is 4.14. The van der Waals surface area contributed by atoms with Gasteiger partial charge < -0.3 is 5.32 Å². The molecule has 1 nitrogen and oxygen atoms in total. The molecule has 0 saturated heterocycles. The summed E-state index contributed by atoms with van der Waals surface area (Å²) in [4.78, 5) is 0. The van der Waals surface area contributed by atoms with Crippen LogP contribution in [-0.2, 0) is 0 Å². The van der Waals surface area contributed by atoms with E-state index in [1.807, 2.05) is 0 Å². The van der Waals surface area contributed by atoms with Gasteiger partial charge in [0.1, 0.15) is 0 Å². The molecular formula is C12H17N. The standard InChI is InChI=1S/C12H17N/c1-7-5-6-8(2)12-10(4)13-9(3)11(7)12/h5-6,9-10,13H,1-4H3. The van der Waals surface area contributed by atoms with Gasteiger partial charge in [0.15, 0.2) is 0 Å². The fourth-order valence-corrected chi connectivity index (χ4v) is 2.55. The van der Waals surface area contributed by atoms with E-state index in [0.29, 0.717) is 12.1 Å². The van der Waals surface area contributed by atoms with Crippen LogP contribution in [0.1, 0.15) is 48.2 Å². The van der Waals surface area contributed by atoms with E-state index in [-0.39, 0.29) is 0 Å². The summed E-state index contributed by atoms with van der Waals surface area (Å²) in [5, 5.41) is 3.56. The molecular weight excluding hydrogens is 158 g/mol. The third kappa shape index (κ3) is 1.19. The fourth-order valence-electron chi connectivity index (χ4n) is 2.55. The second-order valence-electron chi connectivity index (χ2n) is 4.14. The third-order valence-electron chi connectivity index (χ3n) is 3.09. The molecule has 1 aliphatic rings. The molecule has 13 heavy (non-hydrogen) atoms. The molecule has 0 aromatic heterocycles. The highest BCUT2D eigenvalue weighted by atomic mass is 15.0. The van der Waals surface area contributed by atoms with Crippen LogP contribution in [0.25, 0.3) is 0 Å². The largest absolute Gasteiger partial charge is 0.304 e. The predicted molar refractivity (Wildman–Crippen MR) is 55.9 cm³/mol. The summed E-state index contributed by atoms with van der Waals surface area (Å²) in [5.41, 5.74) is 5.88. The lowest BCUT2D eigenvalue weighted by molar-refractivity contribution is 0.551. The van der Waals surface area contributed by atoms with E-state index in [0.717, 1.165) is 0 Å². The summed E-state index contributed by atoms with van der Waals surface area (Å²) in [5.74, 6) is 0. The molecule has 2 atom stereocenters. The number of nitrogens with one attached hydrogen (secondary N) is 1. The van der Waals surface area contributed by atoms with Crippen molar-refractivity contribution in [3.63, 3.8) is 0 Å². The number of rotatable bonds is 0. The van der Waals surface area contributed by atoms with Gasteiger partial charge in [-0.15, -0.1) is 0 Å². The monoisotopic (exact) mass is 175 g/mol. The van der Waals surface area contributed by atoms with E-state index in [1.165, 1.54) is 22.3 Å². The van der Waals surface area contributed by atoms with Crippen LogP contribution >= 0.6 is 0 Å². The third-order valence-corrected chi connectivity index (χ3v) is 3.09. The van der Waals surface area contributed by atoms with Crippen molar-refractivity contribution in [1.29, 1.82) is 0 Å². The van der Waals surface area contributed by atoms with E-state index in [9.17, 15) is 0 Å². The van der Waals surface area contributed by atoms with E-state index in [2.05, 4.69) is 45.1 Å². The van der Waals surface area contributed by atoms with Gasteiger partial charge in [-0.25, -0.2) is 0 Å². The lowest BCUT2D eigenvalue weighted by atomic mass is 9.94. The Morgan fingerprint density at radius 3 is 1.69 bits per heavy atom. The minimum Gasteiger partial charge on any atom is -0.304 e. The van der Waals surface area contributed by atoms with Crippen molar-refractivity contribution in [3.8, 4) is 0 Å². The van der Waals surface area contributed by atoms with Gasteiger partial charge in [0, 0.05) is 12.1 Å². The molecule has 70 valence electrons. The van der Waals surface area contributed by atoms with Gasteiger partial charge in [0.05, 0.1) is 0 Å². The van der Waals surface area contributed by atoms with E-state index in [4.69, 9.17) is 0 Å². The predicted octanol–water partition coefficient (Wildman–Crippen LogP) is 3.03. The van der Waals surface area contributed by atoms with Crippen LogP contribution in [0.4, 0.5) is 0 Å². The van der Waals surface area contributed by atoms with Crippen molar-refractivity contribution in [1.82, 2.24) is 5.32 Å². The Labute approximate surface area is 80.2 Å². The number of fused-ring (bicyclic) bond motifs is 1. The molecule has 0 amide bonds. The van der Waals surface area contributed by atoms with Gasteiger partial charge in [0.2, 0.25) is 0 Å². The van der Waals surface area contributed by atoms with Gasteiger partial charge in [-0.1, -0.05) is 12.1 Å². The second kappa shape index (κ2) is 2.85. The van der Waals surface area contributed by atoms with E-state index in [1.54, 1.807) is 0 Å². The zero-order valence-corrected chi connectivity index (χ0v) is 8.81. The Morgan fingerprint density at radius 2 is 1.31 bits per heavy atom. The molecule has 1 aromatic carbocycles. The van der Waals surface area contributed by atoms with Gasteiger partial charge in [-0.3, -0.25) is 0 Å². The zero-order chi connectivity index (χ0) is 9.59. The molecule has 1 N–H and O–H groups in total. The Balaban J connectivity index is 2.67. The molecule has 1 aromatic rings. The molecule has 0 saturated carbocycles. The number of aryl methyl sites for hydroxylation is 2. The Bertz CT molecular complexity index is 308. The van der Waals surface area contributed by atoms with Crippen LogP contribution in [0.3, 0.4) is 0 Å². The molecule has 0 bridgehead atoms. The number of hydrogen-bond donors (Lipinski definition) is 1. The topological polar surface area (TPSA) is 12.0 Å². The van der Waals surface area contributed by atoms with Crippen molar-refractivity contribution in [2.75, 3.05) is 0 Å². The van der Waals surface area contributed by atoms with Crippen molar-refractivity contribution in [2.45, 2.75) is 39.8 Å². The first-order valence-corrected chi connectivity index (χ1v) is 4.97. The van der Waals surface area contributed by atoms with Gasteiger partial charge in [-0.05, 0) is 49.9 Å². The zero-order valence-electron chi connectivity index (χ0n) is 8.81. The fraction of sp³-hybridized carbons (Fsp3) is 0.500. The minimum absolute atomic E-state index is 0.518. The highest BCUT2D eigenvalue weighted by Gasteiger charge is 2.26. The average molecular weight is 175 g/mol. The van der Waals surface area contributed by atoms with Crippen LogP contribution in [0.5, 0.6) is 0 Å². The van der Waals surface area contributed by atoms with Crippen LogP contribution < -0.4 is 5.32 Å². The van der Waals surface area contributed by atoms with Crippen molar-refractivity contribution in [3.05, 3.63) is 34.4 Å². The highest BCUT2D eigenvalue weighted by molar-refractivity contribution is 5.46. The summed E-state index contributed by atoms with van der Waals surface area (Å²) in [6.45, 7) is 8.90. The molecule has 2 unspecified atom stereocenters. The minimum atomic E-state index is 0.518. The van der Waals surface area contributed by atoms with Crippen molar-refractivity contribution >= 4 is 0 Å². The SMILES string of the molecule is Cc1ccc(C)c2c1C(C)NC2C. The number of benzene rings is 1. The van der Waals surface area contributed by atoms with Crippen LogP contribution in [0, 0.1) is 13.8 Å². The molecule has 1 heterocycles. The average Bonchev–Trinajstić information content (AvgIpc) is 2.36. The maximum atomic E-state index is 3.56. The maximum Gasteiger partial charge on any atom is 0.0303 e. The molecule has 0 aliphatic carbocycles. The van der Waals surface area contributed by atoms with Crippen molar-refractivity contribution < 1.29 is 0 Å². The normalized spacial score (nSPS) is 26.2. The first-order chi connectivity index (χ1) is 6.11. The Morgan fingerprint density at radius 1 is 0.923 bits per heavy atom. The molecule has 1 heteroatoms. The smallest absolute Gasteiger partial charge is 0.0303 e. The van der Waals surface area contributed by atoms with Gasteiger partial charge in [0.25, 0.3) is 0 Å². The summed E-state index contributed by atoms with van der Waals surface area (Å²) in [6.07, 6.45) is 0. The quantitative estimate of drug-likeness (QED) is 0.639. The molecule has 1 aliphatic heterocycles. The van der Waals surface area contributed by atoms with Crippen molar-refractivity contribution in [2.24, 2.45) is 0 Å². The first kappa shape index (κ1) is 8.76. The molecule has 0 spiro atoms. The van der Waals surface area contributed by atoms with Gasteiger partial charge >= 0.3 is 0 Å². The highest BCUT2D eigenvalue weighted by Crippen LogP contribution is 2.36. The van der Waals surface area contributed by atoms with E-state index < -0.39 is 0 Å². The van der Waals surface area contributed by atoms with Gasteiger partial charge in [-0.2, -0.15) is 0 Å². The molecule has 0 radical (unpaired) electrons. The van der Waals surface area contributed by atoms with Crippen LogP contribution in [0.2, 0.25) is 0 Å². The lowest BCUT2D eigenvalue weighted by Gasteiger charge is -2.10. The van der Waals surface area contributed by atoms with E-state index >= 15 is 0 Å². The summed E-state index contributed by atoms with van der Waals surface area (Å²) in [7, 11) is 0. The Hall–Kier alpha value is -0.820. The summed E-state index contributed by atoms with van der Waals surface area (Å²) < 4.78 is 0. The molecule has 2 rings (SSSR count). The van der Waals surface area contributed by atoms with Crippen LogP contribution in [0.15, 0.2) is 12.1 Å². The summed E-state index contributed by atoms with van der Waals surface area (Å²) >= 11 is 0. The van der Waals surface area contributed by atoms with Crippen LogP contribution in [-0.4, -0.2) is 0 Å². The maximum absolute atomic E-state index is 3.56. The summed E-state index contributed by atoms with van der Waals surface area (Å²) in [6, 6.07) is 5.49.